The van der Waals surface area contributed by atoms with Crippen LogP contribution in [0.5, 0.6) is 0 Å². The van der Waals surface area contributed by atoms with Gasteiger partial charge in [0.2, 0.25) is 0 Å². The number of alkyl halides is 3. The summed E-state index contributed by atoms with van der Waals surface area (Å²) in [6.45, 7) is 0. The van der Waals surface area contributed by atoms with Crippen LogP contribution in [0.2, 0.25) is 5.02 Å². The molecule has 0 saturated carbocycles. The number of carbonyl (C=O) groups excluding carboxylic acids is 1. The molecule has 0 unspecified atom stereocenters. The van der Waals surface area contributed by atoms with Gasteiger partial charge >= 0.3 is 12.1 Å². The number of ether oxygens (including phenoxy) is 1. The lowest BCUT2D eigenvalue weighted by Gasteiger charge is -2.12. The Balaban J connectivity index is 3.40. The van der Waals surface area contributed by atoms with Crippen LogP contribution in [0.4, 0.5) is 13.2 Å². The lowest BCUT2D eigenvalue weighted by atomic mass is 9.99. The van der Waals surface area contributed by atoms with Crippen molar-refractivity contribution < 1.29 is 22.7 Å². The second-order valence-corrected chi connectivity index (χ2v) is 3.79. The Bertz CT molecular complexity index is 520. The van der Waals surface area contributed by atoms with Gasteiger partial charge in [0, 0.05) is 5.02 Å². The Morgan fingerprint density at radius 1 is 1.50 bits per heavy atom. The minimum Gasteiger partial charge on any atom is -0.469 e. The Hall–Kier alpha value is -1.74. The number of carbonyl (C=O) groups is 1. The molecule has 0 aliphatic heterocycles. The lowest BCUT2D eigenvalue weighted by Crippen LogP contribution is -2.12. The maximum absolute atomic E-state index is 12.7. The van der Waals surface area contributed by atoms with Gasteiger partial charge in [-0.05, 0) is 17.7 Å². The largest absolute Gasteiger partial charge is 0.469 e. The van der Waals surface area contributed by atoms with Crippen molar-refractivity contribution in [2.45, 2.75) is 12.6 Å². The molecule has 0 spiro atoms. The second-order valence-electron chi connectivity index (χ2n) is 3.35. The number of benzene rings is 1. The maximum Gasteiger partial charge on any atom is 0.417 e. The highest BCUT2D eigenvalue weighted by Gasteiger charge is 2.35. The molecule has 0 fully saturated rings. The average Bonchev–Trinajstić information content (AvgIpc) is 2.27. The summed E-state index contributed by atoms with van der Waals surface area (Å²) in [4.78, 5) is 11.1. The molecule has 0 heterocycles. The zero-order valence-electron chi connectivity index (χ0n) is 9.14. The molecule has 1 rings (SSSR count). The van der Waals surface area contributed by atoms with E-state index in [1.54, 1.807) is 0 Å². The number of hydrogen-bond donors (Lipinski definition) is 0. The van der Waals surface area contributed by atoms with Crippen molar-refractivity contribution in [3.05, 3.63) is 33.8 Å². The van der Waals surface area contributed by atoms with Gasteiger partial charge < -0.3 is 4.74 Å². The number of nitrogens with zero attached hydrogens (tertiary/aromatic N) is 1. The predicted molar refractivity (Wildman–Crippen MR) is 56.9 cm³/mol. The van der Waals surface area contributed by atoms with E-state index in [1.807, 2.05) is 0 Å². The van der Waals surface area contributed by atoms with Crippen LogP contribution in [0.3, 0.4) is 0 Å². The second kappa shape index (κ2) is 5.27. The van der Waals surface area contributed by atoms with E-state index in [0.29, 0.717) is 6.07 Å². The molecule has 96 valence electrons. The highest BCUT2D eigenvalue weighted by atomic mass is 35.5. The molecule has 7 heteroatoms. The number of rotatable bonds is 2. The molecule has 0 bridgehead atoms. The van der Waals surface area contributed by atoms with Crippen LogP contribution in [-0.4, -0.2) is 13.1 Å². The third-order valence-electron chi connectivity index (χ3n) is 2.16. The fraction of sp³-hybridized carbons (Fsp3) is 0.273. The third kappa shape index (κ3) is 3.14. The first-order chi connectivity index (χ1) is 8.29. The number of methoxy groups -OCH3 is 1. The summed E-state index contributed by atoms with van der Waals surface area (Å²) < 4.78 is 42.4. The van der Waals surface area contributed by atoms with E-state index >= 15 is 0 Å². The Morgan fingerprint density at radius 2 is 2.11 bits per heavy atom. The van der Waals surface area contributed by atoms with E-state index < -0.39 is 29.7 Å². The van der Waals surface area contributed by atoms with Crippen LogP contribution < -0.4 is 0 Å². The molecule has 0 radical (unpaired) electrons. The van der Waals surface area contributed by atoms with Crippen LogP contribution in [0.15, 0.2) is 12.1 Å². The van der Waals surface area contributed by atoms with Gasteiger partial charge in [-0.15, -0.1) is 0 Å². The molecule has 0 aliphatic carbocycles. The standard InChI is InChI=1S/C11H7ClF3NO2/c1-18-10(17)3-6-2-7(12)4-9(8(6)5-16)11(13,14)15/h2,4H,3H2,1H3. The lowest BCUT2D eigenvalue weighted by molar-refractivity contribution is -0.140. The average molecular weight is 278 g/mol. The van der Waals surface area contributed by atoms with Crippen LogP contribution in [-0.2, 0) is 22.1 Å². The molecule has 0 aliphatic rings. The zero-order chi connectivity index (χ0) is 13.9. The van der Waals surface area contributed by atoms with Gasteiger partial charge in [-0.3, -0.25) is 4.79 Å². The first-order valence-corrected chi connectivity index (χ1v) is 5.04. The quantitative estimate of drug-likeness (QED) is 0.781. The van der Waals surface area contributed by atoms with Crippen LogP contribution in [0.1, 0.15) is 16.7 Å². The zero-order valence-corrected chi connectivity index (χ0v) is 9.89. The predicted octanol–water partition coefficient (Wildman–Crippen LogP) is 2.95. The van der Waals surface area contributed by atoms with E-state index in [2.05, 4.69) is 4.74 Å². The monoisotopic (exact) mass is 277 g/mol. The third-order valence-corrected chi connectivity index (χ3v) is 2.38. The molecule has 3 nitrogen and oxygen atoms in total. The number of nitriles is 1. The normalized spacial score (nSPS) is 10.9. The van der Waals surface area contributed by atoms with Gasteiger partial charge in [-0.2, -0.15) is 18.4 Å². The molecule has 0 N–H and O–H groups in total. The summed E-state index contributed by atoms with van der Waals surface area (Å²) in [5.41, 5.74) is -1.88. The van der Waals surface area contributed by atoms with Gasteiger partial charge in [-0.1, -0.05) is 11.6 Å². The number of hydrogen-bond acceptors (Lipinski definition) is 3. The van der Waals surface area contributed by atoms with Crippen molar-refractivity contribution in [1.29, 1.82) is 5.26 Å². The smallest absolute Gasteiger partial charge is 0.417 e. The fourth-order valence-corrected chi connectivity index (χ4v) is 1.63. The molecule has 0 saturated heterocycles. The summed E-state index contributed by atoms with van der Waals surface area (Å²) in [5, 5.41) is 8.60. The molecule has 0 amide bonds. The van der Waals surface area contributed by atoms with E-state index in [9.17, 15) is 18.0 Å². The van der Waals surface area contributed by atoms with Crippen LogP contribution in [0.25, 0.3) is 0 Å². The van der Waals surface area contributed by atoms with Gasteiger partial charge in [0.1, 0.15) is 6.07 Å². The number of halogens is 4. The summed E-state index contributed by atoms with van der Waals surface area (Å²) in [6, 6.07) is 3.24. The van der Waals surface area contributed by atoms with Crippen molar-refractivity contribution in [1.82, 2.24) is 0 Å². The van der Waals surface area contributed by atoms with Crippen molar-refractivity contribution in [2.75, 3.05) is 7.11 Å². The van der Waals surface area contributed by atoms with E-state index in [4.69, 9.17) is 16.9 Å². The van der Waals surface area contributed by atoms with Gasteiger partial charge in [0.25, 0.3) is 0 Å². The van der Waals surface area contributed by atoms with E-state index in [-0.39, 0.29) is 10.6 Å². The Kier molecular flexibility index (Phi) is 4.19. The summed E-state index contributed by atoms with van der Waals surface area (Å²) in [6.07, 6.45) is -5.15. The summed E-state index contributed by atoms with van der Waals surface area (Å²) >= 11 is 5.55. The SMILES string of the molecule is COC(=O)Cc1cc(Cl)cc(C(F)(F)F)c1C#N. The highest BCUT2D eigenvalue weighted by molar-refractivity contribution is 6.30. The molecule has 1 aromatic carbocycles. The van der Waals surface area contributed by atoms with Crippen molar-refractivity contribution >= 4 is 17.6 Å². The van der Waals surface area contributed by atoms with Gasteiger partial charge in [0.05, 0.1) is 24.7 Å². The molecule has 0 aromatic heterocycles. The summed E-state index contributed by atoms with van der Waals surface area (Å²) in [5.74, 6) is -0.748. The number of esters is 1. The highest BCUT2D eigenvalue weighted by Crippen LogP contribution is 2.35. The summed E-state index contributed by atoms with van der Waals surface area (Å²) in [7, 11) is 1.10. The topological polar surface area (TPSA) is 50.1 Å². The van der Waals surface area contributed by atoms with Crippen LogP contribution >= 0.6 is 11.6 Å². The first kappa shape index (κ1) is 14.3. The maximum atomic E-state index is 12.7. The van der Waals surface area contributed by atoms with Crippen molar-refractivity contribution in [3.8, 4) is 6.07 Å². The fourth-order valence-electron chi connectivity index (χ4n) is 1.39. The van der Waals surface area contributed by atoms with E-state index in [0.717, 1.165) is 13.2 Å². The molecule has 1 aromatic rings. The minimum atomic E-state index is -4.71. The van der Waals surface area contributed by atoms with Crippen LogP contribution in [0, 0.1) is 11.3 Å². The van der Waals surface area contributed by atoms with Gasteiger partial charge in [-0.25, -0.2) is 0 Å². The molecular formula is C11H7ClF3NO2. The Morgan fingerprint density at radius 3 is 2.56 bits per heavy atom. The van der Waals surface area contributed by atoms with Crippen molar-refractivity contribution in [3.63, 3.8) is 0 Å². The Labute approximate surface area is 106 Å². The molecular weight excluding hydrogens is 271 g/mol. The van der Waals surface area contributed by atoms with E-state index in [1.165, 1.54) is 6.07 Å². The molecule has 18 heavy (non-hydrogen) atoms. The van der Waals surface area contributed by atoms with Gasteiger partial charge in [0.15, 0.2) is 0 Å². The first-order valence-electron chi connectivity index (χ1n) is 4.66. The van der Waals surface area contributed by atoms with Crippen molar-refractivity contribution in [2.24, 2.45) is 0 Å². The molecule has 0 atom stereocenters. The minimum absolute atomic E-state index is 0.107.